The fourth-order valence-electron chi connectivity index (χ4n) is 7.71. The second-order valence-corrected chi connectivity index (χ2v) is 9.75. The van der Waals surface area contributed by atoms with Crippen LogP contribution in [0.2, 0.25) is 0 Å². The number of fused-ring (bicyclic) bond motifs is 7. The zero-order valence-electron chi connectivity index (χ0n) is 15.2. The van der Waals surface area contributed by atoms with E-state index in [1.54, 1.807) is 6.92 Å². The second-order valence-electron chi connectivity index (χ2n) is 9.75. The van der Waals surface area contributed by atoms with Gasteiger partial charge in [0.1, 0.15) is 0 Å². The van der Waals surface area contributed by atoms with E-state index in [2.05, 4.69) is 19.9 Å². The van der Waals surface area contributed by atoms with E-state index in [-0.39, 0.29) is 28.8 Å². The number of rotatable bonds is 1. The molecule has 1 aliphatic heterocycles. The Hall–Kier alpha value is -0.670. The van der Waals surface area contributed by atoms with E-state index in [0.717, 1.165) is 44.4 Å². The van der Waals surface area contributed by atoms with Crippen molar-refractivity contribution in [3.63, 3.8) is 0 Å². The Balaban J connectivity index is 1.51. The second kappa shape index (κ2) is 4.54. The van der Waals surface area contributed by atoms with E-state index in [1.165, 1.54) is 12.0 Å². The molecule has 0 radical (unpaired) electrons. The molecule has 3 heteroatoms. The summed E-state index contributed by atoms with van der Waals surface area (Å²) in [6.07, 6.45) is 10.0. The molecule has 4 aliphatic carbocycles. The summed E-state index contributed by atoms with van der Waals surface area (Å²) in [5.41, 5.74) is 1.39. The van der Waals surface area contributed by atoms with Gasteiger partial charge in [0.2, 0.25) is 0 Å². The average Bonchev–Trinajstić information content (AvgIpc) is 3.21. The third-order valence-corrected chi connectivity index (χ3v) is 9.03. The number of carbonyl (C=O) groups excluding carboxylic acids is 1. The monoisotopic (exact) mass is 330 g/mol. The number of Topliss-reactive ketones (excluding diaryl/α,β-unsaturated/α-hetero) is 1. The van der Waals surface area contributed by atoms with Crippen LogP contribution in [0.5, 0.6) is 0 Å². The minimum atomic E-state index is -0.448. The van der Waals surface area contributed by atoms with Crippen molar-refractivity contribution < 1.29 is 14.6 Å². The van der Waals surface area contributed by atoms with Crippen molar-refractivity contribution in [2.75, 3.05) is 0 Å². The Kier molecular flexibility index (Phi) is 2.94. The Labute approximate surface area is 144 Å². The number of allylic oxidation sites excluding steroid dienone is 1. The molecular formula is C21H30O3. The maximum atomic E-state index is 12.4. The molecular weight excluding hydrogens is 300 g/mol. The third-order valence-electron chi connectivity index (χ3n) is 9.03. The van der Waals surface area contributed by atoms with Crippen LogP contribution in [0.3, 0.4) is 0 Å². The summed E-state index contributed by atoms with van der Waals surface area (Å²) < 4.78 is 6.00. The molecule has 3 nitrogen and oxygen atoms in total. The quantitative estimate of drug-likeness (QED) is 0.590. The molecule has 0 unspecified atom stereocenters. The van der Waals surface area contributed by atoms with Gasteiger partial charge in [0, 0.05) is 5.41 Å². The zero-order valence-corrected chi connectivity index (χ0v) is 15.2. The molecule has 3 saturated carbocycles. The van der Waals surface area contributed by atoms with Gasteiger partial charge < -0.3 is 9.84 Å². The van der Waals surface area contributed by atoms with Gasteiger partial charge in [0.05, 0.1) is 12.2 Å². The normalized spacial score (nSPS) is 58.0. The summed E-state index contributed by atoms with van der Waals surface area (Å²) in [6.45, 7) is 6.54. The molecule has 4 fully saturated rings. The topological polar surface area (TPSA) is 49.8 Å². The summed E-state index contributed by atoms with van der Waals surface area (Å²) in [6, 6.07) is 0. The smallest absolute Gasteiger partial charge is 0.164 e. The number of ether oxygens (including phenoxy) is 1. The number of carbonyl (C=O) groups is 1. The Morgan fingerprint density at radius 2 is 2.04 bits per heavy atom. The lowest BCUT2D eigenvalue weighted by atomic mass is 9.47. The zero-order chi connectivity index (χ0) is 16.9. The van der Waals surface area contributed by atoms with Gasteiger partial charge in [0.15, 0.2) is 11.4 Å². The van der Waals surface area contributed by atoms with E-state index in [9.17, 15) is 9.90 Å². The summed E-state index contributed by atoms with van der Waals surface area (Å²) in [7, 11) is 0. The van der Waals surface area contributed by atoms with Crippen molar-refractivity contribution in [2.45, 2.75) is 83.5 Å². The van der Waals surface area contributed by atoms with Crippen LogP contribution >= 0.6 is 0 Å². The third kappa shape index (κ3) is 1.60. The molecule has 0 spiro atoms. The SMILES string of the molecule is CC(=O)[C@]12O[C@H]1C[C@H]1[C@@H]3CC=C4C[C@@H](O)CC[C@]4(C)[C@@H]3CC[C@]12C. The number of hydrogen-bond acceptors (Lipinski definition) is 3. The van der Waals surface area contributed by atoms with Crippen LogP contribution in [0.25, 0.3) is 0 Å². The molecule has 1 saturated heterocycles. The average molecular weight is 330 g/mol. The Bertz CT molecular complexity index is 639. The Morgan fingerprint density at radius 3 is 2.79 bits per heavy atom. The molecule has 24 heavy (non-hydrogen) atoms. The van der Waals surface area contributed by atoms with Crippen molar-refractivity contribution in [1.29, 1.82) is 0 Å². The van der Waals surface area contributed by atoms with Gasteiger partial charge in [-0.2, -0.15) is 0 Å². The van der Waals surface area contributed by atoms with Crippen LogP contribution in [0.15, 0.2) is 11.6 Å². The minimum Gasteiger partial charge on any atom is -0.393 e. The summed E-state index contributed by atoms with van der Waals surface area (Å²) in [4.78, 5) is 12.4. The van der Waals surface area contributed by atoms with E-state index in [1.807, 2.05) is 0 Å². The molecule has 8 atom stereocenters. The summed E-state index contributed by atoms with van der Waals surface area (Å²) in [5, 5.41) is 10.1. The first-order valence-corrected chi connectivity index (χ1v) is 9.89. The van der Waals surface area contributed by atoms with Gasteiger partial charge >= 0.3 is 0 Å². The van der Waals surface area contributed by atoms with E-state index in [4.69, 9.17) is 4.74 Å². The Morgan fingerprint density at radius 1 is 1.25 bits per heavy atom. The number of aliphatic hydroxyl groups excluding tert-OH is 1. The molecule has 1 N–H and O–H groups in total. The fourth-order valence-corrected chi connectivity index (χ4v) is 7.71. The van der Waals surface area contributed by atoms with Gasteiger partial charge in [0.25, 0.3) is 0 Å². The van der Waals surface area contributed by atoms with Gasteiger partial charge in [-0.05, 0) is 75.0 Å². The molecule has 5 rings (SSSR count). The predicted octanol–water partition coefficient (Wildman–Crippen LogP) is 3.65. The summed E-state index contributed by atoms with van der Waals surface area (Å²) >= 11 is 0. The van der Waals surface area contributed by atoms with Crippen LogP contribution in [-0.2, 0) is 9.53 Å². The first kappa shape index (κ1) is 15.6. The first-order chi connectivity index (χ1) is 11.3. The number of aliphatic hydroxyl groups is 1. The lowest BCUT2D eigenvalue weighted by Gasteiger charge is -2.58. The molecule has 0 bridgehead atoms. The van der Waals surface area contributed by atoms with Gasteiger partial charge in [-0.1, -0.05) is 25.5 Å². The van der Waals surface area contributed by atoms with Crippen LogP contribution in [-0.4, -0.2) is 28.7 Å². The van der Waals surface area contributed by atoms with E-state index in [0.29, 0.717) is 11.8 Å². The standard InChI is InChI=1S/C21H30O3/c1-12(22)21-18(24-21)11-17-15-5-4-13-10-14(23)6-8-19(13,2)16(15)7-9-20(17,21)3/h4,14-18,23H,5-11H2,1-3H3/t14-,15+,16+,17-,18-,19-,20+,21-/m0/s1. The molecule has 0 aromatic carbocycles. The number of epoxide rings is 1. The van der Waals surface area contributed by atoms with Crippen molar-refractivity contribution >= 4 is 5.78 Å². The van der Waals surface area contributed by atoms with Crippen molar-refractivity contribution in [3.8, 4) is 0 Å². The minimum absolute atomic E-state index is 0.0422. The van der Waals surface area contributed by atoms with Crippen LogP contribution in [0.1, 0.15) is 65.7 Å². The van der Waals surface area contributed by atoms with E-state index >= 15 is 0 Å². The van der Waals surface area contributed by atoms with Crippen LogP contribution in [0, 0.1) is 28.6 Å². The molecule has 1 heterocycles. The maximum absolute atomic E-state index is 12.4. The first-order valence-electron chi connectivity index (χ1n) is 9.89. The summed E-state index contributed by atoms with van der Waals surface area (Å²) in [5.74, 6) is 2.31. The van der Waals surface area contributed by atoms with E-state index < -0.39 is 5.60 Å². The van der Waals surface area contributed by atoms with Crippen LogP contribution in [0.4, 0.5) is 0 Å². The lowest BCUT2D eigenvalue weighted by molar-refractivity contribution is -0.135. The highest BCUT2D eigenvalue weighted by Gasteiger charge is 2.79. The van der Waals surface area contributed by atoms with Crippen LogP contribution < -0.4 is 0 Å². The molecule has 0 aromatic heterocycles. The maximum Gasteiger partial charge on any atom is 0.164 e. The fraction of sp³-hybridized carbons (Fsp3) is 0.857. The van der Waals surface area contributed by atoms with Gasteiger partial charge in [-0.15, -0.1) is 0 Å². The lowest BCUT2D eigenvalue weighted by Crippen LogP contribution is -2.54. The number of ketones is 1. The van der Waals surface area contributed by atoms with Crippen molar-refractivity contribution in [2.24, 2.45) is 28.6 Å². The highest BCUT2D eigenvalue weighted by molar-refractivity contribution is 5.90. The highest BCUT2D eigenvalue weighted by Crippen LogP contribution is 2.73. The molecule has 132 valence electrons. The van der Waals surface area contributed by atoms with Crippen molar-refractivity contribution in [3.05, 3.63) is 11.6 Å². The van der Waals surface area contributed by atoms with Gasteiger partial charge in [-0.3, -0.25) is 4.79 Å². The molecule has 0 aromatic rings. The molecule has 0 amide bonds. The van der Waals surface area contributed by atoms with Crippen molar-refractivity contribution in [1.82, 2.24) is 0 Å². The predicted molar refractivity (Wildman–Crippen MR) is 91.4 cm³/mol. The largest absolute Gasteiger partial charge is 0.393 e. The van der Waals surface area contributed by atoms with Gasteiger partial charge in [-0.25, -0.2) is 0 Å². The highest BCUT2D eigenvalue weighted by atomic mass is 16.6. The molecule has 5 aliphatic rings. The number of hydrogen-bond donors (Lipinski definition) is 1.